The fourth-order valence-electron chi connectivity index (χ4n) is 3.62. The fraction of sp³-hybridized carbons (Fsp3) is 0.429. The van der Waals surface area contributed by atoms with Crippen LogP contribution in [0.25, 0.3) is 0 Å². The van der Waals surface area contributed by atoms with Gasteiger partial charge >= 0.3 is 0 Å². The van der Waals surface area contributed by atoms with E-state index in [1.54, 1.807) is 38.5 Å². The molecule has 27 heavy (non-hydrogen) atoms. The highest BCUT2D eigenvalue weighted by Gasteiger charge is 2.34. The lowest BCUT2D eigenvalue weighted by Gasteiger charge is -2.32. The normalized spacial score (nSPS) is 20.3. The Kier molecular flexibility index (Phi) is 6.07. The molecule has 0 unspecified atom stereocenters. The smallest absolute Gasteiger partial charge is 0.297 e. The molecular formula is C21H26O5S. The summed E-state index contributed by atoms with van der Waals surface area (Å²) in [5.74, 6) is 1.38. The van der Waals surface area contributed by atoms with Gasteiger partial charge in [0, 0.05) is 11.5 Å². The second-order valence-electron chi connectivity index (χ2n) is 6.90. The molecule has 0 amide bonds. The minimum Gasteiger partial charge on any atom is -0.497 e. The van der Waals surface area contributed by atoms with Crippen molar-refractivity contribution in [2.45, 2.75) is 49.5 Å². The van der Waals surface area contributed by atoms with Crippen molar-refractivity contribution >= 4 is 10.1 Å². The van der Waals surface area contributed by atoms with Crippen molar-refractivity contribution in [1.29, 1.82) is 0 Å². The molecule has 1 aliphatic carbocycles. The van der Waals surface area contributed by atoms with E-state index in [2.05, 4.69) is 0 Å². The molecule has 146 valence electrons. The van der Waals surface area contributed by atoms with E-state index in [1.807, 2.05) is 25.1 Å². The number of aryl methyl sites for hydroxylation is 1. The summed E-state index contributed by atoms with van der Waals surface area (Å²) in [5, 5.41) is 0. The maximum atomic E-state index is 12.8. The van der Waals surface area contributed by atoms with Crippen LogP contribution in [0.2, 0.25) is 0 Å². The SMILES string of the molecule is COc1ccc(OC)c([C@@H]2CCCC[C@H]2OS(=O)(=O)c2ccc(C)cc2)c1. The van der Waals surface area contributed by atoms with Crippen molar-refractivity contribution in [3.63, 3.8) is 0 Å². The van der Waals surface area contributed by atoms with Gasteiger partial charge in [0.1, 0.15) is 11.5 Å². The molecule has 0 aromatic heterocycles. The second kappa shape index (κ2) is 8.31. The second-order valence-corrected chi connectivity index (χ2v) is 8.47. The molecule has 2 aromatic rings. The number of ether oxygens (including phenoxy) is 2. The van der Waals surface area contributed by atoms with Crippen molar-refractivity contribution in [3.05, 3.63) is 53.6 Å². The van der Waals surface area contributed by atoms with Gasteiger partial charge in [0.15, 0.2) is 0 Å². The van der Waals surface area contributed by atoms with Crippen LogP contribution in [0.15, 0.2) is 47.4 Å². The topological polar surface area (TPSA) is 61.8 Å². The van der Waals surface area contributed by atoms with E-state index < -0.39 is 16.2 Å². The van der Waals surface area contributed by atoms with Crippen molar-refractivity contribution in [2.24, 2.45) is 0 Å². The van der Waals surface area contributed by atoms with E-state index in [0.29, 0.717) is 6.42 Å². The molecule has 1 fully saturated rings. The highest BCUT2D eigenvalue weighted by atomic mass is 32.2. The van der Waals surface area contributed by atoms with Crippen LogP contribution in [0.5, 0.6) is 11.5 Å². The van der Waals surface area contributed by atoms with Gasteiger partial charge in [0.25, 0.3) is 10.1 Å². The average Bonchev–Trinajstić information content (AvgIpc) is 2.68. The third kappa shape index (κ3) is 4.45. The molecule has 0 saturated heterocycles. The molecule has 1 aliphatic rings. The first-order valence-corrected chi connectivity index (χ1v) is 10.6. The number of methoxy groups -OCH3 is 2. The van der Waals surface area contributed by atoms with Gasteiger partial charge in [0.05, 0.1) is 25.2 Å². The molecule has 0 N–H and O–H groups in total. The fourth-order valence-corrected chi connectivity index (χ4v) is 4.76. The van der Waals surface area contributed by atoms with Crippen molar-refractivity contribution in [1.82, 2.24) is 0 Å². The largest absolute Gasteiger partial charge is 0.497 e. The Balaban J connectivity index is 1.91. The third-order valence-corrected chi connectivity index (χ3v) is 6.45. The Labute approximate surface area is 161 Å². The van der Waals surface area contributed by atoms with Crippen molar-refractivity contribution < 1.29 is 22.1 Å². The van der Waals surface area contributed by atoms with Crippen LogP contribution in [-0.4, -0.2) is 28.7 Å². The van der Waals surface area contributed by atoms with Crippen LogP contribution < -0.4 is 9.47 Å². The van der Waals surface area contributed by atoms with Crippen LogP contribution in [0.3, 0.4) is 0 Å². The minimum absolute atomic E-state index is 0.0657. The van der Waals surface area contributed by atoms with E-state index in [1.165, 1.54) is 0 Å². The summed E-state index contributed by atoms with van der Waals surface area (Å²) >= 11 is 0. The molecule has 5 nitrogen and oxygen atoms in total. The predicted molar refractivity (Wildman–Crippen MR) is 104 cm³/mol. The standard InChI is InChI=1S/C21H26O5S/c1-15-8-11-17(12-9-15)27(22,23)26-21-7-5-4-6-18(21)19-14-16(24-2)10-13-20(19)25-3/h8-14,18,21H,4-7H2,1-3H3/t18-,21+/m0/s1. The summed E-state index contributed by atoms with van der Waals surface area (Å²) in [4.78, 5) is 0.190. The quantitative estimate of drug-likeness (QED) is 0.682. The Morgan fingerprint density at radius 1 is 0.926 bits per heavy atom. The van der Waals surface area contributed by atoms with Crippen molar-refractivity contribution in [2.75, 3.05) is 14.2 Å². The number of hydrogen-bond donors (Lipinski definition) is 0. The van der Waals surface area contributed by atoms with Crippen LogP contribution in [-0.2, 0) is 14.3 Å². The van der Waals surface area contributed by atoms with Gasteiger partial charge < -0.3 is 9.47 Å². The molecule has 0 radical (unpaired) electrons. The number of hydrogen-bond acceptors (Lipinski definition) is 5. The first-order chi connectivity index (χ1) is 12.9. The number of benzene rings is 2. The van der Waals surface area contributed by atoms with Gasteiger partial charge in [-0.3, -0.25) is 4.18 Å². The van der Waals surface area contributed by atoms with Crippen LogP contribution >= 0.6 is 0 Å². The lowest BCUT2D eigenvalue weighted by molar-refractivity contribution is 0.135. The summed E-state index contributed by atoms with van der Waals surface area (Å²) in [6.07, 6.45) is 3.08. The Morgan fingerprint density at radius 3 is 2.30 bits per heavy atom. The van der Waals surface area contributed by atoms with E-state index in [0.717, 1.165) is 41.9 Å². The molecule has 1 saturated carbocycles. The molecular weight excluding hydrogens is 364 g/mol. The van der Waals surface area contributed by atoms with Gasteiger partial charge in [-0.2, -0.15) is 8.42 Å². The molecule has 3 rings (SSSR count). The van der Waals surface area contributed by atoms with Gasteiger partial charge in [-0.05, 0) is 50.1 Å². The molecule has 0 aliphatic heterocycles. The van der Waals surface area contributed by atoms with Crippen LogP contribution in [0.4, 0.5) is 0 Å². The molecule has 0 bridgehead atoms. The molecule has 2 aromatic carbocycles. The zero-order valence-corrected chi connectivity index (χ0v) is 16.8. The number of rotatable bonds is 6. The monoisotopic (exact) mass is 390 g/mol. The Morgan fingerprint density at radius 2 is 1.63 bits per heavy atom. The molecule has 2 atom stereocenters. The van der Waals surface area contributed by atoms with Gasteiger partial charge in [-0.15, -0.1) is 0 Å². The summed E-state index contributed by atoms with van der Waals surface area (Å²) in [6, 6.07) is 12.4. The van der Waals surface area contributed by atoms with E-state index in [9.17, 15) is 8.42 Å². The third-order valence-electron chi connectivity index (χ3n) is 5.10. The minimum atomic E-state index is -3.82. The average molecular weight is 391 g/mol. The lowest BCUT2D eigenvalue weighted by atomic mass is 9.81. The van der Waals surface area contributed by atoms with E-state index in [-0.39, 0.29) is 10.8 Å². The highest BCUT2D eigenvalue weighted by Crippen LogP contribution is 2.41. The van der Waals surface area contributed by atoms with Crippen LogP contribution in [0, 0.1) is 6.92 Å². The van der Waals surface area contributed by atoms with Crippen LogP contribution in [0.1, 0.15) is 42.7 Å². The first-order valence-electron chi connectivity index (χ1n) is 9.16. The van der Waals surface area contributed by atoms with Gasteiger partial charge in [-0.25, -0.2) is 0 Å². The summed E-state index contributed by atoms with van der Waals surface area (Å²) in [7, 11) is -0.593. The lowest BCUT2D eigenvalue weighted by Crippen LogP contribution is -2.29. The van der Waals surface area contributed by atoms with E-state index >= 15 is 0 Å². The first kappa shape index (κ1) is 19.7. The van der Waals surface area contributed by atoms with E-state index in [4.69, 9.17) is 13.7 Å². The van der Waals surface area contributed by atoms with Gasteiger partial charge in [-0.1, -0.05) is 30.5 Å². The maximum Gasteiger partial charge on any atom is 0.297 e. The summed E-state index contributed by atoms with van der Waals surface area (Å²) in [6.45, 7) is 1.92. The maximum absolute atomic E-state index is 12.8. The highest BCUT2D eigenvalue weighted by molar-refractivity contribution is 7.86. The summed E-state index contributed by atoms with van der Waals surface area (Å²) in [5.41, 5.74) is 1.94. The van der Waals surface area contributed by atoms with Gasteiger partial charge in [0.2, 0.25) is 0 Å². The molecule has 0 heterocycles. The molecule has 0 spiro atoms. The molecule has 6 heteroatoms. The predicted octanol–water partition coefficient (Wildman–Crippen LogP) is 4.44. The van der Waals surface area contributed by atoms with Crippen molar-refractivity contribution in [3.8, 4) is 11.5 Å². The Hall–Kier alpha value is -2.05. The zero-order chi connectivity index (χ0) is 19.4. The zero-order valence-electron chi connectivity index (χ0n) is 16.0. The summed E-state index contributed by atoms with van der Waals surface area (Å²) < 4.78 is 42.2. The Bertz CT molecular complexity index is 874.